The molecule has 1 N–H and O–H groups in total. The molecule has 25 heavy (non-hydrogen) atoms. The number of rotatable bonds is 6. The van der Waals surface area contributed by atoms with Crippen molar-refractivity contribution in [3.63, 3.8) is 0 Å². The molecule has 5 nitrogen and oxygen atoms in total. The fourth-order valence-electron chi connectivity index (χ4n) is 2.80. The van der Waals surface area contributed by atoms with Crippen molar-refractivity contribution < 1.29 is 9.21 Å². The van der Waals surface area contributed by atoms with Crippen molar-refractivity contribution in [1.82, 2.24) is 15.2 Å². The summed E-state index contributed by atoms with van der Waals surface area (Å²) in [6.45, 7) is 7.95. The van der Waals surface area contributed by atoms with Crippen LogP contribution in [0.1, 0.15) is 61.2 Å². The Labute approximate surface area is 149 Å². The predicted molar refractivity (Wildman–Crippen MR) is 97.3 cm³/mol. The van der Waals surface area contributed by atoms with Crippen molar-refractivity contribution in [3.8, 4) is 0 Å². The Morgan fingerprint density at radius 1 is 1.24 bits per heavy atom. The summed E-state index contributed by atoms with van der Waals surface area (Å²) < 4.78 is 5.95. The van der Waals surface area contributed by atoms with Gasteiger partial charge in [0.2, 0.25) is 5.89 Å². The van der Waals surface area contributed by atoms with Gasteiger partial charge in [0.05, 0.1) is 12.7 Å². The third-order valence-corrected chi connectivity index (χ3v) is 4.52. The molecule has 1 aliphatic carbocycles. The number of carbonyl (C=O) groups is 1. The summed E-state index contributed by atoms with van der Waals surface area (Å²) in [5.41, 5.74) is 1.86. The minimum absolute atomic E-state index is 0.0225. The minimum atomic E-state index is -0.0555. The Balaban J connectivity index is 1.68. The number of carbonyl (C=O) groups excluding carboxylic acids is 1. The molecule has 1 amide bonds. The van der Waals surface area contributed by atoms with Crippen molar-refractivity contribution in [2.75, 3.05) is 7.05 Å². The second-order valence-corrected chi connectivity index (χ2v) is 7.78. The molecule has 2 aromatic rings. The van der Waals surface area contributed by atoms with E-state index in [1.54, 1.807) is 7.05 Å². The van der Waals surface area contributed by atoms with E-state index in [0.29, 0.717) is 11.6 Å². The fraction of sp³-hybridized carbons (Fsp3) is 0.500. The molecule has 3 rings (SSSR count). The molecule has 0 atom stereocenters. The Morgan fingerprint density at radius 2 is 1.92 bits per heavy atom. The first-order valence-electron chi connectivity index (χ1n) is 8.87. The maximum Gasteiger partial charge on any atom is 0.251 e. The number of hydrogen-bond acceptors (Lipinski definition) is 4. The Kier molecular flexibility index (Phi) is 4.95. The van der Waals surface area contributed by atoms with E-state index >= 15 is 0 Å². The molecule has 0 saturated heterocycles. The van der Waals surface area contributed by atoms with E-state index in [4.69, 9.17) is 4.42 Å². The zero-order chi connectivity index (χ0) is 18.0. The molecule has 0 bridgehead atoms. The summed E-state index contributed by atoms with van der Waals surface area (Å²) in [5.74, 6) is 1.65. The maximum atomic E-state index is 11.6. The van der Waals surface area contributed by atoms with Gasteiger partial charge in [0.25, 0.3) is 5.91 Å². The quantitative estimate of drug-likeness (QED) is 0.874. The SMILES string of the molecule is CNC(=O)c1ccc(CN(Cc2ncc(C(C)(C)C)o2)C2CC2)cc1. The zero-order valence-corrected chi connectivity index (χ0v) is 15.5. The first-order valence-corrected chi connectivity index (χ1v) is 8.87. The van der Waals surface area contributed by atoms with Gasteiger partial charge < -0.3 is 9.73 Å². The second-order valence-electron chi connectivity index (χ2n) is 7.78. The smallest absolute Gasteiger partial charge is 0.251 e. The third kappa shape index (κ3) is 4.48. The van der Waals surface area contributed by atoms with Gasteiger partial charge in [-0.05, 0) is 30.5 Å². The summed E-state index contributed by atoms with van der Waals surface area (Å²) in [7, 11) is 1.65. The van der Waals surface area contributed by atoms with Crippen LogP contribution in [0.15, 0.2) is 34.9 Å². The summed E-state index contributed by atoms with van der Waals surface area (Å²) in [4.78, 5) is 18.5. The zero-order valence-electron chi connectivity index (χ0n) is 15.5. The number of aromatic nitrogens is 1. The first kappa shape index (κ1) is 17.7. The molecule has 1 saturated carbocycles. The minimum Gasteiger partial charge on any atom is -0.444 e. The van der Waals surface area contributed by atoms with Crippen LogP contribution in [-0.2, 0) is 18.5 Å². The van der Waals surface area contributed by atoms with E-state index < -0.39 is 0 Å². The van der Waals surface area contributed by atoms with Gasteiger partial charge in [-0.3, -0.25) is 9.69 Å². The van der Waals surface area contributed by atoms with Gasteiger partial charge in [-0.2, -0.15) is 0 Å². The molecule has 1 fully saturated rings. The average molecular weight is 341 g/mol. The number of nitrogens with zero attached hydrogens (tertiary/aromatic N) is 2. The molecular formula is C20H27N3O2. The van der Waals surface area contributed by atoms with E-state index in [-0.39, 0.29) is 11.3 Å². The highest BCUT2D eigenvalue weighted by Gasteiger charge is 2.30. The van der Waals surface area contributed by atoms with Crippen LogP contribution in [0, 0.1) is 0 Å². The molecule has 0 unspecified atom stereocenters. The molecule has 0 spiro atoms. The van der Waals surface area contributed by atoms with Gasteiger partial charge >= 0.3 is 0 Å². The van der Waals surface area contributed by atoms with E-state index in [1.165, 1.54) is 18.4 Å². The lowest BCUT2D eigenvalue weighted by Crippen LogP contribution is -2.25. The number of amides is 1. The van der Waals surface area contributed by atoms with Crippen molar-refractivity contribution in [2.45, 2.75) is 58.2 Å². The average Bonchev–Trinajstić information content (AvgIpc) is 3.32. The maximum absolute atomic E-state index is 11.6. The van der Waals surface area contributed by atoms with Crippen molar-refractivity contribution in [1.29, 1.82) is 0 Å². The van der Waals surface area contributed by atoms with Crippen LogP contribution in [0.25, 0.3) is 0 Å². The fourth-order valence-corrected chi connectivity index (χ4v) is 2.80. The van der Waals surface area contributed by atoms with Gasteiger partial charge in [-0.25, -0.2) is 4.98 Å². The van der Waals surface area contributed by atoms with Crippen LogP contribution in [-0.4, -0.2) is 28.9 Å². The molecule has 5 heteroatoms. The Morgan fingerprint density at radius 3 is 2.44 bits per heavy atom. The van der Waals surface area contributed by atoms with Gasteiger partial charge in [0.15, 0.2) is 0 Å². The molecule has 0 aliphatic heterocycles. The van der Waals surface area contributed by atoms with Crippen LogP contribution in [0.5, 0.6) is 0 Å². The lowest BCUT2D eigenvalue weighted by Gasteiger charge is -2.20. The topological polar surface area (TPSA) is 58.4 Å². The highest BCUT2D eigenvalue weighted by Crippen LogP contribution is 2.30. The summed E-state index contributed by atoms with van der Waals surface area (Å²) in [6.07, 6.45) is 4.30. The summed E-state index contributed by atoms with van der Waals surface area (Å²) >= 11 is 0. The highest BCUT2D eigenvalue weighted by atomic mass is 16.4. The van der Waals surface area contributed by atoms with Crippen LogP contribution < -0.4 is 5.32 Å². The standard InChI is InChI=1S/C20H27N3O2/c1-20(2,3)17-11-22-18(25-17)13-23(16-9-10-16)12-14-5-7-15(8-6-14)19(24)21-4/h5-8,11,16H,9-10,12-13H2,1-4H3,(H,21,24). The van der Waals surface area contributed by atoms with Gasteiger partial charge in [0, 0.05) is 30.6 Å². The summed E-state index contributed by atoms with van der Waals surface area (Å²) in [5, 5.41) is 2.65. The summed E-state index contributed by atoms with van der Waals surface area (Å²) in [6, 6.07) is 8.40. The predicted octanol–water partition coefficient (Wildman–Crippen LogP) is 3.50. The lowest BCUT2D eigenvalue weighted by atomic mass is 9.94. The lowest BCUT2D eigenvalue weighted by molar-refractivity contribution is 0.0963. The van der Waals surface area contributed by atoms with E-state index in [9.17, 15) is 4.79 Å². The Bertz CT molecular complexity index is 724. The highest BCUT2D eigenvalue weighted by molar-refractivity contribution is 5.93. The molecule has 0 radical (unpaired) electrons. The van der Waals surface area contributed by atoms with Crippen molar-refractivity contribution in [3.05, 3.63) is 53.2 Å². The molecule has 1 aromatic carbocycles. The monoisotopic (exact) mass is 341 g/mol. The van der Waals surface area contributed by atoms with Gasteiger partial charge in [-0.15, -0.1) is 0 Å². The second kappa shape index (κ2) is 7.00. The molecule has 134 valence electrons. The molecule has 1 heterocycles. The van der Waals surface area contributed by atoms with E-state index in [1.807, 2.05) is 30.5 Å². The number of oxazole rings is 1. The van der Waals surface area contributed by atoms with Crippen LogP contribution in [0.4, 0.5) is 0 Å². The van der Waals surface area contributed by atoms with E-state index in [0.717, 1.165) is 24.7 Å². The van der Waals surface area contributed by atoms with Crippen LogP contribution >= 0.6 is 0 Å². The molecule has 1 aliphatic rings. The van der Waals surface area contributed by atoms with Gasteiger partial charge in [0.1, 0.15) is 5.76 Å². The number of benzene rings is 1. The van der Waals surface area contributed by atoms with Crippen molar-refractivity contribution >= 4 is 5.91 Å². The van der Waals surface area contributed by atoms with Crippen molar-refractivity contribution in [2.24, 2.45) is 0 Å². The van der Waals surface area contributed by atoms with Gasteiger partial charge in [-0.1, -0.05) is 32.9 Å². The number of hydrogen-bond donors (Lipinski definition) is 1. The van der Waals surface area contributed by atoms with E-state index in [2.05, 4.69) is 36.0 Å². The first-order chi connectivity index (χ1) is 11.9. The molecular weight excluding hydrogens is 314 g/mol. The van der Waals surface area contributed by atoms with Crippen LogP contribution in [0.2, 0.25) is 0 Å². The Hall–Kier alpha value is -2.14. The molecule has 1 aromatic heterocycles. The number of nitrogens with one attached hydrogen (secondary N) is 1. The largest absolute Gasteiger partial charge is 0.444 e. The van der Waals surface area contributed by atoms with Crippen LogP contribution in [0.3, 0.4) is 0 Å². The normalized spacial score (nSPS) is 14.8. The third-order valence-electron chi connectivity index (χ3n) is 4.52.